The van der Waals surface area contributed by atoms with Crippen molar-refractivity contribution >= 4 is 55.8 Å². The Morgan fingerprint density at radius 2 is 2.18 bits per heavy atom. The molecule has 1 amide bonds. The van der Waals surface area contributed by atoms with E-state index in [0.717, 1.165) is 10.2 Å². The van der Waals surface area contributed by atoms with Crippen LogP contribution in [0.1, 0.15) is 6.42 Å². The summed E-state index contributed by atoms with van der Waals surface area (Å²) in [4.78, 5) is 16.1. The fraction of sp³-hybridized carbons (Fsp3) is 0.273. The Morgan fingerprint density at radius 3 is 2.82 bits per heavy atom. The van der Waals surface area contributed by atoms with E-state index in [-0.39, 0.29) is 11.8 Å². The molecule has 6 heteroatoms. The minimum absolute atomic E-state index is 0.158. The first-order valence-corrected chi connectivity index (χ1v) is 6.68. The topological polar surface area (TPSA) is 42.0 Å². The average molecular weight is 287 g/mol. The van der Waals surface area contributed by atoms with E-state index >= 15 is 0 Å². The number of para-hydroxylation sites is 1. The van der Waals surface area contributed by atoms with Crippen LogP contribution in [0.3, 0.4) is 0 Å². The highest BCUT2D eigenvalue weighted by molar-refractivity contribution is 7.22. The first-order valence-electron chi connectivity index (χ1n) is 5.10. The maximum atomic E-state index is 11.8. The molecular weight excluding hydrogens is 279 g/mol. The Balaban J connectivity index is 1.79. The van der Waals surface area contributed by atoms with E-state index in [9.17, 15) is 4.79 Å². The second-order valence-electron chi connectivity index (χ2n) is 3.99. The number of aromatic nitrogens is 1. The molecule has 1 N–H and O–H groups in total. The van der Waals surface area contributed by atoms with Crippen molar-refractivity contribution in [2.75, 3.05) is 5.32 Å². The lowest BCUT2D eigenvalue weighted by atomic mass is 10.3. The van der Waals surface area contributed by atoms with Crippen LogP contribution in [0.5, 0.6) is 0 Å². The zero-order valence-electron chi connectivity index (χ0n) is 8.61. The molecule has 0 bridgehead atoms. The number of carbonyl (C=O) groups is 1. The van der Waals surface area contributed by atoms with E-state index < -0.39 is 4.33 Å². The van der Waals surface area contributed by atoms with Crippen LogP contribution in [0.4, 0.5) is 5.13 Å². The molecule has 17 heavy (non-hydrogen) atoms. The summed E-state index contributed by atoms with van der Waals surface area (Å²) in [7, 11) is 0. The average Bonchev–Trinajstić information content (AvgIpc) is 2.73. The molecule has 1 aliphatic rings. The molecule has 1 fully saturated rings. The maximum Gasteiger partial charge on any atom is 0.232 e. The Morgan fingerprint density at radius 1 is 1.47 bits per heavy atom. The second-order valence-corrected chi connectivity index (χ2v) is 6.57. The Kier molecular flexibility index (Phi) is 2.54. The van der Waals surface area contributed by atoms with Crippen molar-refractivity contribution in [1.29, 1.82) is 0 Å². The molecule has 0 radical (unpaired) electrons. The molecule has 1 atom stereocenters. The second kappa shape index (κ2) is 3.83. The number of nitrogens with one attached hydrogen (secondary N) is 1. The minimum Gasteiger partial charge on any atom is -0.302 e. The number of hydrogen-bond acceptors (Lipinski definition) is 3. The molecule has 1 aromatic carbocycles. The number of amides is 1. The molecule has 1 aliphatic carbocycles. The summed E-state index contributed by atoms with van der Waals surface area (Å²) in [6.45, 7) is 0. The van der Waals surface area contributed by atoms with Gasteiger partial charge in [-0.1, -0.05) is 23.5 Å². The lowest BCUT2D eigenvalue weighted by molar-refractivity contribution is -0.117. The number of halogens is 2. The zero-order chi connectivity index (χ0) is 12.0. The third-order valence-corrected chi connectivity index (χ3v) is 4.45. The van der Waals surface area contributed by atoms with Crippen molar-refractivity contribution in [3.8, 4) is 0 Å². The smallest absolute Gasteiger partial charge is 0.232 e. The van der Waals surface area contributed by atoms with Gasteiger partial charge < -0.3 is 5.32 Å². The van der Waals surface area contributed by atoms with E-state index in [1.54, 1.807) is 0 Å². The van der Waals surface area contributed by atoms with Gasteiger partial charge in [0.1, 0.15) is 4.33 Å². The number of hydrogen-bond donors (Lipinski definition) is 1. The molecule has 3 rings (SSSR count). The number of rotatable bonds is 2. The van der Waals surface area contributed by atoms with Gasteiger partial charge in [0.25, 0.3) is 0 Å². The number of thiazole rings is 1. The molecule has 3 nitrogen and oxygen atoms in total. The molecular formula is C11H8Cl2N2OS. The van der Waals surface area contributed by atoms with Crippen LogP contribution in [-0.4, -0.2) is 15.2 Å². The predicted molar refractivity (Wildman–Crippen MR) is 70.8 cm³/mol. The van der Waals surface area contributed by atoms with Gasteiger partial charge in [0, 0.05) is 0 Å². The fourth-order valence-electron chi connectivity index (χ4n) is 1.62. The molecule has 1 aromatic heterocycles. The van der Waals surface area contributed by atoms with Crippen LogP contribution in [0.2, 0.25) is 0 Å². The number of alkyl halides is 2. The summed E-state index contributed by atoms with van der Waals surface area (Å²) < 4.78 is 0.155. The van der Waals surface area contributed by atoms with E-state index in [4.69, 9.17) is 23.2 Å². The van der Waals surface area contributed by atoms with Gasteiger partial charge in [-0.3, -0.25) is 4.79 Å². The Hall–Kier alpha value is -0.840. The van der Waals surface area contributed by atoms with E-state index in [1.165, 1.54) is 11.3 Å². The molecule has 88 valence electrons. The first-order chi connectivity index (χ1) is 8.06. The van der Waals surface area contributed by atoms with Crippen LogP contribution >= 0.6 is 34.5 Å². The molecule has 0 unspecified atom stereocenters. The number of anilines is 1. The van der Waals surface area contributed by atoms with Crippen LogP contribution in [0.25, 0.3) is 10.2 Å². The number of fused-ring (bicyclic) bond motifs is 1. The van der Waals surface area contributed by atoms with Crippen molar-refractivity contribution in [3.05, 3.63) is 24.3 Å². The van der Waals surface area contributed by atoms with Crippen molar-refractivity contribution in [2.45, 2.75) is 10.8 Å². The summed E-state index contributed by atoms with van der Waals surface area (Å²) in [5, 5.41) is 3.34. The van der Waals surface area contributed by atoms with Crippen LogP contribution in [-0.2, 0) is 4.79 Å². The van der Waals surface area contributed by atoms with Gasteiger partial charge in [-0.15, -0.1) is 23.2 Å². The van der Waals surface area contributed by atoms with Gasteiger partial charge in [-0.25, -0.2) is 4.98 Å². The van der Waals surface area contributed by atoms with E-state index in [0.29, 0.717) is 11.6 Å². The van der Waals surface area contributed by atoms with Crippen molar-refractivity contribution in [1.82, 2.24) is 4.98 Å². The van der Waals surface area contributed by atoms with Crippen LogP contribution in [0, 0.1) is 5.92 Å². The van der Waals surface area contributed by atoms with Gasteiger partial charge in [0.15, 0.2) is 5.13 Å². The number of nitrogens with zero attached hydrogens (tertiary/aromatic N) is 1. The summed E-state index contributed by atoms with van der Waals surface area (Å²) in [6.07, 6.45) is 0.507. The molecule has 0 spiro atoms. The van der Waals surface area contributed by atoms with Crippen LogP contribution in [0.15, 0.2) is 24.3 Å². The van der Waals surface area contributed by atoms with Gasteiger partial charge in [-0.05, 0) is 18.6 Å². The van der Waals surface area contributed by atoms with Crippen molar-refractivity contribution < 1.29 is 4.79 Å². The summed E-state index contributed by atoms with van der Waals surface area (Å²) in [5.41, 5.74) is 0.881. The summed E-state index contributed by atoms with van der Waals surface area (Å²) in [5.74, 6) is -0.480. The Bertz CT molecular complexity index is 563. The molecule has 1 saturated carbocycles. The largest absolute Gasteiger partial charge is 0.302 e. The number of carbonyl (C=O) groups excluding carboxylic acids is 1. The van der Waals surface area contributed by atoms with Gasteiger partial charge in [0.05, 0.1) is 16.1 Å². The minimum atomic E-state index is -0.888. The van der Waals surface area contributed by atoms with E-state index in [1.807, 2.05) is 24.3 Å². The fourth-order valence-corrected chi connectivity index (χ4v) is 2.99. The summed E-state index contributed by atoms with van der Waals surface area (Å²) >= 11 is 13.1. The standard InChI is InChI=1S/C11H8Cl2N2OS/c12-11(13)5-6(11)9(16)15-10-14-7-3-1-2-4-8(7)17-10/h1-4,6H,5H2,(H,14,15,16)/t6-/m1/s1. The van der Waals surface area contributed by atoms with Gasteiger partial charge >= 0.3 is 0 Å². The lowest BCUT2D eigenvalue weighted by Gasteiger charge is -2.00. The van der Waals surface area contributed by atoms with Crippen molar-refractivity contribution in [2.24, 2.45) is 5.92 Å². The third kappa shape index (κ3) is 2.12. The predicted octanol–water partition coefficient (Wildman–Crippen LogP) is 3.43. The van der Waals surface area contributed by atoms with Gasteiger partial charge in [0.2, 0.25) is 5.91 Å². The quantitative estimate of drug-likeness (QED) is 0.860. The SMILES string of the molecule is O=C(Nc1nc2ccccc2s1)[C@H]1CC1(Cl)Cl. The summed E-state index contributed by atoms with van der Waals surface area (Å²) in [6, 6.07) is 7.73. The molecule has 2 aromatic rings. The third-order valence-electron chi connectivity index (χ3n) is 2.67. The molecule has 0 saturated heterocycles. The monoisotopic (exact) mass is 286 g/mol. The number of benzene rings is 1. The van der Waals surface area contributed by atoms with E-state index in [2.05, 4.69) is 10.3 Å². The Labute approximate surface area is 112 Å². The lowest BCUT2D eigenvalue weighted by Crippen LogP contribution is -2.16. The van der Waals surface area contributed by atoms with Crippen molar-refractivity contribution in [3.63, 3.8) is 0 Å². The highest BCUT2D eigenvalue weighted by atomic mass is 35.5. The zero-order valence-corrected chi connectivity index (χ0v) is 10.9. The maximum absolute atomic E-state index is 11.8. The van der Waals surface area contributed by atoms with Gasteiger partial charge in [-0.2, -0.15) is 0 Å². The highest BCUT2D eigenvalue weighted by Gasteiger charge is 2.56. The highest BCUT2D eigenvalue weighted by Crippen LogP contribution is 2.53. The molecule has 0 aliphatic heterocycles. The van der Waals surface area contributed by atoms with Crippen LogP contribution < -0.4 is 5.32 Å². The normalized spacial score (nSPS) is 21.4. The molecule has 1 heterocycles. The first kappa shape index (κ1) is 11.3.